The van der Waals surface area contributed by atoms with Gasteiger partial charge in [0.25, 0.3) is 0 Å². The van der Waals surface area contributed by atoms with Gasteiger partial charge in [-0.25, -0.2) is 4.99 Å². The summed E-state index contributed by atoms with van der Waals surface area (Å²) in [7, 11) is 0. The molecule has 1 aromatic carbocycles. The lowest BCUT2D eigenvalue weighted by Crippen LogP contribution is -2.28. The Morgan fingerprint density at radius 2 is 1.96 bits per heavy atom. The molecular formula is C21H22ClN3S. The summed E-state index contributed by atoms with van der Waals surface area (Å²) in [4.78, 5) is 10.2. The van der Waals surface area contributed by atoms with Crippen molar-refractivity contribution in [2.45, 2.75) is 38.6 Å². The van der Waals surface area contributed by atoms with Crippen LogP contribution < -0.4 is 4.80 Å². The number of rotatable bonds is 3. The zero-order valence-corrected chi connectivity index (χ0v) is 16.4. The normalized spacial score (nSPS) is 21.1. The molecule has 2 aromatic heterocycles. The van der Waals surface area contributed by atoms with Gasteiger partial charge in [0, 0.05) is 22.6 Å². The SMILES string of the molecule is CC1CCCCC1n1c(-c2ccc(Cl)cc2)csc1=Nc1cccnc1. The van der Waals surface area contributed by atoms with Gasteiger partial charge in [-0.2, -0.15) is 0 Å². The van der Waals surface area contributed by atoms with Crippen LogP contribution in [0.4, 0.5) is 5.69 Å². The second-order valence-corrected chi connectivity index (χ2v) is 8.21. The van der Waals surface area contributed by atoms with Crippen molar-refractivity contribution in [1.29, 1.82) is 0 Å². The Morgan fingerprint density at radius 3 is 2.69 bits per heavy atom. The molecule has 5 heteroatoms. The first-order valence-electron chi connectivity index (χ1n) is 9.13. The number of halogens is 1. The summed E-state index contributed by atoms with van der Waals surface area (Å²) >= 11 is 7.79. The molecule has 0 N–H and O–H groups in total. The van der Waals surface area contributed by atoms with E-state index in [1.165, 1.54) is 36.9 Å². The van der Waals surface area contributed by atoms with Crippen molar-refractivity contribution in [1.82, 2.24) is 9.55 Å². The van der Waals surface area contributed by atoms with E-state index in [1.54, 1.807) is 17.5 Å². The molecule has 2 unspecified atom stereocenters. The van der Waals surface area contributed by atoms with Gasteiger partial charge in [0.05, 0.1) is 17.6 Å². The summed E-state index contributed by atoms with van der Waals surface area (Å²) in [6.45, 7) is 2.37. The van der Waals surface area contributed by atoms with E-state index < -0.39 is 0 Å². The van der Waals surface area contributed by atoms with Crippen LogP contribution in [0.1, 0.15) is 38.6 Å². The first kappa shape index (κ1) is 17.5. The monoisotopic (exact) mass is 383 g/mol. The second-order valence-electron chi connectivity index (χ2n) is 6.93. The summed E-state index contributed by atoms with van der Waals surface area (Å²) in [6.07, 6.45) is 8.69. The molecule has 134 valence electrons. The van der Waals surface area contributed by atoms with E-state index in [0.29, 0.717) is 12.0 Å². The fourth-order valence-corrected chi connectivity index (χ4v) is 4.86. The first-order chi connectivity index (χ1) is 12.7. The molecule has 1 fully saturated rings. The van der Waals surface area contributed by atoms with Crippen LogP contribution in [0.5, 0.6) is 0 Å². The van der Waals surface area contributed by atoms with Crippen LogP contribution >= 0.6 is 22.9 Å². The highest BCUT2D eigenvalue weighted by Gasteiger charge is 2.26. The molecule has 1 aliphatic carbocycles. The van der Waals surface area contributed by atoms with Crippen molar-refractivity contribution < 1.29 is 0 Å². The minimum absolute atomic E-state index is 0.482. The van der Waals surface area contributed by atoms with Crippen molar-refractivity contribution >= 4 is 28.6 Å². The van der Waals surface area contributed by atoms with Crippen molar-refractivity contribution in [3.8, 4) is 11.3 Å². The Labute approximate surface area is 163 Å². The highest BCUT2D eigenvalue weighted by molar-refractivity contribution is 7.07. The molecule has 0 spiro atoms. The average Bonchev–Trinajstić information content (AvgIpc) is 3.07. The Morgan fingerprint density at radius 1 is 1.15 bits per heavy atom. The number of aromatic nitrogens is 2. The van der Waals surface area contributed by atoms with E-state index in [2.05, 4.69) is 34.0 Å². The van der Waals surface area contributed by atoms with E-state index in [1.807, 2.05) is 30.5 Å². The molecule has 0 bridgehead atoms. The van der Waals surface area contributed by atoms with Gasteiger partial charge in [-0.3, -0.25) is 4.98 Å². The van der Waals surface area contributed by atoms with E-state index in [-0.39, 0.29) is 0 Å². The van der Waals surface area contributed by atoms with E-state index in [9.17, 15) is 0 Å². The molecule has 3 aromatic rings. The summed E-state index contributed by atoms with van der Waals surface area (Å²) < 4.78 is 2.45. The zero-order chi connectivity index (χ0) is 17.9. The Hall–Kier alpha value is -1.91. The molecule has 3 nitrogen and oxygen atoms in total. The lowest BCUT2D eigenvalue weighted by atomic mass is 9.85. The van der Waals surface area contributed by atoms with Gasteiger partial charge in [-0.1, -0.05) is 43.5 Å². The zero-order valence-electron chi connectivity index (χ0n) is 14.8. The van der Waals surface area contributed by atoms with Crippen LogP contribution in [0.3, 0.4) is 0 Å². The molecule has 0 radical (unpaired) electrons. The second kappa shape index (κ2) is 7.77. The van der Waals surface area contributed by atoms with Crippen molar-refractivity contribution in [2.75, 3.05) is 0 Å². The molecule has 4 rings (SSSR count). The molecule has 26 heavy (non-hydrogen) atoms. The predicted molar refractivity (Wildman–Crippen MR) is 109 cm³/mol. The Kier molecular flexibility index (Phi) is 5.23. The minimum Gasteiger partial charge on any atom is -0.313 e. The van der Waals surface area contributed by atoms with Gasteiger partial charge in [-0.15, -0.1) is 11.3 Å². The standard InChI is InChI=1S/C21H22ClN3S/c1-15-5-2-3-7-19(15)25-20(16-8-10-17(22)11-9-16)14-26-21(25)24-18-6-4-12-23-13-18/h4,6,8-15,19H,2-3,5,7H2,1H3. The summed E-state index contributed by atoms with van der Waals surface area (Å²) in [5, 5.41) is 2.99. The fourth-order valence-electron chi connectivity index (χ4n) is 3.76. The Balaban J connectivity index is 1.87. The summed E-state index contributed by atoms with van der Waals surface area (Å²) in [6, 6.07) is 12.5. The molecule has 0 amide bonds. The lowest BCUT2D eigenvalue weighted by Gasteiger charge is -2.31. The largest absolute Gasteiger partial charge is 0.313 e. The third-order valence-corrected chi connectivity index (χ3v) is 6.24. The van der Waals surface area contributed by atoms with Crippen molar-refractivity contribution in [3.05, 3.63) is 64.0 Å². The van der Waals surface area contributed by atoms with Crippen molar-refractivity contribution in [3.63, 3.8) is 0 Å². The maximum absolute atomic E-state index is 6.09. The van der Waals surface area contributed by atoms with Gasteiger partial charge in [0.15, 0.2) is 4.80 Å². The van der Waals surface area contributed by atoms with Gasteiger partial charge < -0.3 is 4.57 Å². The van der Waals surface area contributed by atoms with Crippen LogP contribution in [0.25, 0.3) is 11.3 Å². The molecule has 0 aliphatic heterocycles. The maximum atomic E-state index is 6.09. The van der Waals surface area contributed by atoms with Crippen LogP contribution in [0, 0.1) is 5.92 Å². The van der Waals surface area contributed by atoms with E-state index in [0.717, 1.165) is 15.5 Å². The average molecular weight is 384 g/mol. The predicted octanol–water partition coefficient (Wildman–Crippen LogP) is 6.25. The van der Waals surface area contributed by atoms with E-state index >= 15 is 0 Å². The molecule has 2 heterocycles. The molecule has 1 saturated carbocycles. The molecule has 2 atom stereocenters. The van der Waals surface area contributed by atoms with E-state index in [4.69, 9.17) is 16.6 Å². The smallest absolute Gasteiger partial charge is 0.190 e. The highest BCUT2D eigenvalue weighted by Crippen LogP contribution is 2.36. The van der Waals surface area contributed by atoms with Gasteiger partial charge in [0.1, 0.15) is 0 Å². The van der Waals surface area contributed by atoms with Crippen LogP contribution in [0.15, 0.2) is 59.2 Å². The topological polar surface area (TPSA) is 30.2 Å². The van der Waals surface area contributed by atoms with Gasteiger partial charge in [-0.05, 0) is 48.6 Å². The van der Waals surface area contributed by atoms with Crippen LogP contribution in [0.2, 0.25) is 5.02 Å². The maximum Gasteiger partial charge on any atom is 0.190 e. The number of benzene rings is 1. The summed E-state index contributed by atoms with van der Waals surface area (Å²) in [5.74, 6) is 0.650. The highest BCUT2D eigenvalue weighted by atomic mass is 35.5. The molecule has 1 aliphatic rings. The first-order valence-corrected chi connectivity index (χ1v) is 10.4. The number of hydrogen-bond donors (Lipinski definition) is 0. The number of nitrogens with zero attached hydrogens (tertiary/aromatic N) is 3. The van der Waals surface area contributed by atoms with Gasteiger partial charge in [0.2, 0.25) is 0 Å². The van der Waals surface area contributed by atoms with Crippen LogP contribution in [-0.4, -0.2) is 9.55 Å². The lowest BCUT2D eigenvalue weighted by molar-refractivity contribution is 0.255. The minimum atomic E-state index is 0.482. The quantitative estimate of drug-likeness (QED) is 0.525. The molecule has 0 saturated heterocycles. The van der Waals surface area contributed by atoms with Crippen molar-refractivity contribution in [2.24, 2.45) is 10.9 Å². The number of thiazole rings is 1. The van der Waals surface area contributed by atoms with Gasteiger partial charge >= 0.3 is 0 Å². The number of pyridine rings is 1. The number of hydrogen-bond acceptors (Lipinski definition) is 3. The fraction of sp³-hybridized carbons (Fsp3) is 0.333. The Bertz CT molecular complexity index is 928. The summed E-state index contributed by atoms with van der Waals surface area (Å²) in [5.41, 5.74) is 3.32. The third kappa shape index (κ3) is 3.62. The molecular weight excluding hydrogens is 362 g/mol. The third-order valence-electron chi connectivity index (χ3n) is 5.15. The van der Waals surface area contributed by atoms with Crippen LogP contribution in [-0.2, 0) is 0 Å².